The van der Waals surface area contributed by atoms with E-state index in [1.165, 1.54) is 27.9 Å². The van der Waals surface area contributed by atoms with Crippen molar-refractivity contribution in [2.75, 3.05) is 0 Å². The van der Waals surface area contributed by atoms with Crippen LogP contribution in [0.5, 0.6) is 0 Å². The predicted molar refractivity (Wildman–Crippen MR) is 82.7 cm³/mol. The van der Waals surface area contributed by atoms with Gasteiger partial charge >= 0.3 is 0 Å². The SMILES string of the molecule is C=CC1C=CC2=C3C(=C(C)CC=C2)C=C/C(=C/C)C31. The topological polar surface area (TPSA) is 0 Å². The predicted octanol–water partition coefficient (Wildman–Crippen LogP) is 5.06. The maximum absolute atomic E-state index is 4.02. The molecule has 3 aliphatic carbocycles. The van der Waals surface area contributed by atoms with Gasteiger partial charge in [-0.05, 0) is 42.6 Å². The molecule has 3 rings (SSSR count). The van der Waals surface area contributed by atoms with Crippen molar-refractivity contribution >= 4 is 0 Å². The molecule has 0 aromatic heterocycles. The summed E-state index contributed by atoms with van der Waals surface area (Å²) in [6.45, 7) is 8.40. The van der Waals surface area contributed by atoms with Crippen LogP contribution < -0.4 is 0 Å². The van der Waals surface area contributed by atoms with Crippen LogP contribution in [0.1, 0.15) is 20.3 Å². The van der Waals surface area contributed by atoms with E-state index in [-0.39, 0.29) is 0 Å². The summed E-state index contributed by atoms with van der Waals surface area (Å²) in [6.07, 6.45) is 19.1. The van der Waals surface area contributed by atoms with Gasteiger partial charge in [-0.25, -0.2) is 0 Å². The molecule has 0 saturated heterocycles. The lowest BCUT2D eigenvalue weighted by molar-refractivity contribution is 0.606. The molecule has 0 N–H and O–H groups in total. The second kappa shape index (κ2) is 4.70. The Kier molecular flexibility index (Phi) is 3.02. The summed E-state index contributed by atoms with van der Waals surface area (Å²) in [5.41, 5.74) is 7.18. The molecular formula is C19H20. The first-order valence-corrected chi connectivity index (χ1v) is 7.02. The lowest BCUT2D eigenvalue weighted by Crippen LogP contribution is -2.23. The summed E-state index contributed by atoms with van der Waals surface area (Å²) >= 11 is 0. The zero-order valence-electron chi connectivity index (χ0n) is 11.7. The summed E-state index contributed by atoms with van der Waals surface area (Å²) in [5.74, 6) is 0.851. The minimum absolute atomic E-state index is 0.407. The second-order valence-electron chi connectivity index (χ2n) is 5.44. The van der Waals surface area contributed by atoms with Gasteiger partial charge in [0.2, 0.25) is 0 Å². The highest BCUT2D eigenvalue weighted by atomic mass is 14.4. The highest BCUT2D eigenvalue weighted by Crippen LogP contribution is 2.46. The van der Waals surface area contributed by atoms with E-state index in [0.29, 0.717) is 11.8 Å². The largest absolute Gasteiger partial charge is 0.102 e. The Morgan fingerprint density at radius 3 is 2.79 bits per heavy atom. The number of hydrogen-bond acceptors (Lipinski definition) is 0. The Balaban J connectivity index is 2.29. The molecule has 0 bridgehead atoms. The molecule has 0 aromatic carbocycles. The quantitative estimate of drug-likeness (QED) is 0.569. The van der Waals surface area contributed by atoms with E-state index in [9.17, 15) is 0 Å². The van der Waals surface area contributed by atoms with Crippen molar-refractivity contribution in [3.63, 3.8) is 0 Å². The molecular weight excluding hydrogens is 228 g/mol. The van der Waals surface area contributed by atoms with Gasteiger partial charge in [0, 0.05) is 11.8 Å². The Labute approximate surface area is 115 Å². The lowest BCUT2D eigenvalue weighted by atomic mass is 9.69. The van der Waals surface area contributed by atoms with Crippen LogP contribution in [0.4, 0.5) is 0 Å². The van der Waals surface area contributed by atoms with Crippen LogP contribution in [0.25, 0.3) is 0 Å². The van der Waals surface area contributed by atoms with E-state index >= 15 is 0 Å². The van der Waals surface area contributed by atoms with Crippen molar-refractivity contribution in [3.05, 3.63) is 83.1 Å². The molecule has 0 heterocycles. The van der Waals surface area contributed by atoms with Gasteiger partial charge in [-0.15, -0.1) is 6.58 Å². The van der Waals surface area contributed by atoms with Gasteiger partial charge in [0.15, 0.2) is 0 Å². The first-order chi connectivity index (χ1) is 9.26. The molecule has 3 aliphatic rings. The molecule has 0 aliphatic heterocycles. The second-order valence-corrected chi connectivity index (χ2v) is 5.44. The van der Waals surface area contributed by atoms with Gasteiger partial charge in [0.1, 0.15) is 0 Å². The summed E-state index contributed by atoms with van der Waals surface area (Å²) < 4.78 is 0. The first-order valence-electron chi connectivity index (χ1n) is 7.02. The third kappa shape index (κ3) is 1.83. The van der Waals surface area contributed by atoms with Gasteiger partial charge in [-0.1, -0.05) is 54.2 Å². The molecule has 0 heteroatoms. The molecule has 0 nitrogen and oxygen atoms in total. The molecule has 0 aromatic rings. The van der Waals surface area contributed by atoms with Gasteiger partial charge in [0.05, 0.1) is 0 Å². The standard InChI is InChI=1S/C19H20/c1-4-14-9-10-16-8-6-7-13(3)17-12-11-15(5-2)18(14)19(16)17/h4-6,8-12,14,18H,1,7H2,2-3H3/b15-5-. The first kappa shape index (κ1) is 12.2. The maximum Gasteiger partial charge on any atom is 0.0195 e. The van der Waals surface area contributed by atoms with Gasteiger partial charge < -0.3 is 0 Å². The van der Waals surface area contributed by atoms with Gasteiger partial charge in [0.25, 0.3) is 0 Å². The van der Waals surface area contributed by atoms with Crippen molar-refractivity contribution in [1.82, 2.24) is 0 Å². The average Bonchev–Trinajstić information content (AvgIpc) is 2.60. The van der Waals surface area contributed by atoms with Crippen LogP contribution in [-0.4, -0.2) is 0 Å². The molecule has 0 spiro atoms. The van der Waals surface area contributed by atoms with Crippen LogP contribution in [0, 0.1) is 11.8 Å². The Bertz CT molecular complexity index is 600. The van der Waals surface area contributed by atoms with E-state index in [0.717, 1.165) is 6.42 Å². The van der Waals surface area contributed by atoms with Crippen LogP contribution >= 0.6 is 0 Å². The zero-order valence-corrected chi connectivity index (χ0v) is 11.7. The molecule has 0 amide bonds. The van der Waals surface area contributed by atoms with Crippen LogP contribution in [0.2, 0.25) is 0 Å². The molecule has 2 unspecified atom stereocenters. The van der Waals surface area contributed by atoms with Gasteiger partial charge in [-0.3, -0.25) is 0 Å². The Hall–Kier alpha value is -1.82. The highest BCUT2D eigenvalue weighted by molar-refractivity contribution is 5.63. The van der Waals surface area contributed by atoms with Crippen molar-refractivity contribution in [2.45, 2.75) is 20.3 Å². The smallest absolute Gasteiger partial charge is 0.0195 e. The van der Waals surface area contributed by atoms with E-state index < -0.39 is 0 Å². The third-order valence-corrected chi connectivity index (χ3v) is 4.38. The van der Waals surface area contributed by atoms with Crippen LogP contribution in [0.15, 0.2) is 83.1 Å². The highest BCUT2D eigenvalue weighted by Gasteiger charge is 2.32. The van der Waals surface area contributed by atoms with E-state index in [4.69, 9.17) is 0 Å². The average molecular weight is 248 g/mol. The Morgan fingerprint density at radius 1 is 1.21 bits per heavy atom. The molecule has 0 radical (unpaired) electrons. The minimum Gasteiger partial charge on any atom is -0.102 e. The Morgan fingerprint density at radius 2 is 2.05 bits per heavy atom. The fraction of sp³-hybridized carbons (Fsp3) is 0.263. The zero-order chi connectivity index (χ0) is 13.4. The molecule has 0 saturated carbocycles. The summed E-state index contributed by atoms with van der Waals surface area (Å²) in [5, 5.41) is 0. The van der Waals surface area contributed by atoms with Crippen molar-refractivity contribution in [1.29, 1.82) is 0 Å². The number of rotatable bonds is 1. The van der Waals surface area contributed by atoms with Crippen LogP contribution in [-0.2, 0) is 0 Å². The van der Waals surface area contributed by atoms with Gasteiger partial charge in [-0.2, -0.15) is 0 Å². The summed E-state index contributed by atoms with van der Waals surface area (Å²) in [6, 6.07) is 0. The number of allylic oxidation sites excluding steroid dienone is 13. The summed E-state index contributed by atoms with van der Waals surface area (Å²) in [7, 11) is 0. The van der Waals surface area contributed by atoms with Crippen molar-refractivity contribution in [2.24, 2.45) is 11.8 Å². The minimum atomic E-state index is 0.407. The van der Waals surface area contributed by atoms with E-state index in [1.807, 2.05) is 0 Å². The fourth-order valence-electron chi connectivity index (χ4n) is 3.35. The molecule has 0 fully saturated rings. The molecule has 96 valence electrons. The van der Waals surface area contributed by atoms with E-state index in [2.05, 4.69) is 69.0 Å². The normalized spacial score (nSPS) is 30.7. The van der Waals surface area contributed by atoms with Crippen molar-refractivity contribution < 1.29 is 0 Å². The monoisotopic (exact) mass is 248 g/mol. The summed E-state index contributed by atoms with van der Waals surface area (Å²) in [4.78, 5) is 0. The fourth-order valence-corrected chi connectivity index (χ4v) is 3.35. The van der Waals surface area contributed by atoms with E-state index in [1.54, 1.807) is 0 Å². The van der Waals surface area contributed by atoms with Crippen molar-refractivity contribution in [3.8, 4) is 0 Å². The van der Waals surface area contributed by atoms with Crippen LogP contribution in [0.3, 0.4) is 0 Å². The maximum atomic E-state index is 4.02. The lowest BCUT2D eigenvalue weighted by Gasteiger charge is -2.35. The molecule has 19 heavy (non-hydrogen) atoms. The third-order valence-electron chi connectivity index (χ3n) is 4.38. The number of hydrogen-bond donors (Lipinski definition) is 0. The molecule has 2 atom stereocenters.